The molecule has 0 bridgehead atoms. The van der Waals surface area contributed by atoms with Crippen LogP contribution in [0.2, 0.25) is 0 Å². The second-order valence-corrected chi connectivity index (χ2v) is 6.55. The Labute approximate surface area is 160 Å². The lowest BCUT2D eigenvalue weighted by Crippen LogP contribution is -2.20. The number of nitrogen functional groups attached to an aromatic ring is 1. The molecular weight excluding hydrogens is 362 g/mol. The maximum absolute atomic E-state index is 12.1. The molecule has 0 aliphatic rings. The van der Waals surface area contributed by atoms with Crippen LogP contribution < -0.4 is 21.2 Å². The maximum atomic E-state index is 12.1. The summed E-state index contributed by atoms with van der Waals surface area (Å²) in [6, 6.07) is 14.9. The minimum atomic E-state index is -0.234. The molecule has 2 aromatic carbocycles. The van der Waals surface area contributed by atoms with E-state index in [1.165, 1.54) is 11.3 Å². The van der Waals surface area contributed by atoms with E-state index in [0.717, 1.165) is 16.8 Å². The van der Waals surface area contributed by atoms with Gasteiger partial charge in [-0.3, -0.25) is 10.2 Å². The van der Waals surface area contributed by atoms with Crippen molar-refractivity contribution < 1.29 is 9.53 Å². The summed E-state index contributed by atoms with van der Waals surface area (Å²) in [7, 11) is 0. The highest BCUT2D eigenvalue weighted by Crippen LogP contribution is 2.18. The number of nitrogens with one attached hydrogen (secondary N) is 2. The van der Waals surface area contributed by atoms with Crippen molar-refractivity contribution in [3.8, 4) is 5.75 Å². The number of amides is 1. The summed E-state index contributed by atoms with van der Waals surface area (Å²) < 4.78 is 5.64. The fourth-order valence-electron chi connectivity index (χ4n) is 2.19. The number of aromatic nitrogens is 1. The largest absolute Gasteiger partial charge is 0.483 e. The van der Waals surface area contributed by atoms with E-state index in [-0.39, 0.29) is 12.5 Å². The number of benzene rings is 2. The number of thiazole rings is 1. The molecule has 7 nitrogen and oxygen atoms in total. The van der Waals surface area contributed by atoms with Crippen LogP contribution in [0, 0.1) is 6.92 Å². The molecule has 0 radical (unpaired) electrons. The molecule has 1 heterocycles. The number of nitrogens with two attached hydrogens (primary N) is 1. The van der Waals surface area contributed by atoms with Crippen molar-refractivity contribution >= 4 is 40.1 Å². The number of hydrazone groups is 1. The van der Waals surface area contributed by atoms with Crippen LogP contribution in [-0.4, -0.2) is 23.7 Å². The number of nitrogens with zero attached hydrogens (tertiary/aromatic N) is 2. The lowest BCUT2D eigenvalue weighted by molar-refractivity contribution is -0.118. The molecule has 8 heteroatoms. The second kappa shape index (κ2) is 8.81. The number of carbonyl (C=O) groups excluding carboxylic acids is 1. The molecule has 4 N–H and O–H groups in total. The first-order valence-electron chi connectivity index (χ1n) is 8.18. The number of anilines is 3. The van der Waals surface area contributed by atoms with Gasteiger partial charge in [-0.2, -0.15) is 5.10 Å². The monoisotopic (exact) mass is 381 g/mol. The third-order valence-corrected chi connectivity index (χ3v) is 4.26. The number of para-hydroxylation sites is 1. The van der Waals surface area contributed by atoms with Crippen molar-refractivity contribution in [1.82, 2.24) is 4.98 Å². The van der Waals surface area contributed by atoms with Gasteiger partial charge in [0.15, 0.2) is 6.61 Å². The molecule has 0 unspecified atom stereocenters. The number of hydrogen-bond donors (Lipinski definition) is 3. The van der Waals surface area contributed by atoms with Crippen LogP contribution in [0.3, 0.4) is 0 Å². The molecule has 1 amide bonds. The summed E-state index contributed by atoms with van der Waals surface area (Å²) in [5, 5.41) is 9.24. The third-order valence-electron chi connectivity index (χ3n) is 3.50. The van der Waals surface area contributed by atoms with E-state index in [1.54, 1.807) is 17.7 Å². The molecule has 3 aromatic rings. The molecular formula is C19H19N5O2S. The standard InChI is InChI=1S/C19H19N5O2S/c1-13-6-8-15(9-7-13)22-18(25)11-26-16-5-3-2-4-14(16)10-21-24-19-23-17(20)12-27-19/h2-10,12H,11,20H2,1H3,(H,22,25)(H,23,24). The Hall–Kier alpha value is -3.39. The van der Waals surface area contributed by atoms with E-state index in [1.807, 2.05) is 49.4 Å². The molecule has 1 aromatic heterocycles. The van der Waals surface area contributed by atoms with Gasteiger partial charge in [-0.1, -0.05) is 29.8 Å². The first kappa shape index (κ1) is 18.4. The SMILES string of the molecule is Cc1ccc(NC(=O)COc2ccccc2C=NNc2nc(N)cs2)cc1. The van der Waals surface area contributed by atoms with E-state index in [2.05, 4.69) is 20.8 Å². The van der Waals surface area contributed by atoms with E-state index in [9.17, 15) is 4.79 Å². The summed E-state index contributed by atoms with van der Waals surface area (Å²) in [5.74, 6) is 0.767. The quantitative estimate of drug-likeness (QED) is 0.429. The van der Waals surface area contributed by atoms with Crippen molar-refractivity contribution in [2.24, 2.45) is 5.10 Å². The molecule has 0 aliphatic heterocycles. The van der Waals surface area contributed by atoms with Gasteiger partial charge in [0.05, 0.1) is 6.21 Å². The molecule has 3 rings (SSSR count). The average molecular weight is 381 g/mol. The molecule has 0 saturated heterocycles. The Morgan fingerprint density at radius 1 is 1.26 bits per heavy atom. The molecule has 27 heavy (non-hydrogen) atoms. The number of ether oxygens (including phenoxy) is 1. The van der Waals surface area contributed by atoms with Crippen LogP contribution in [0.1, 0.15) is 11.1 Å². The van der Waals surface area contributed by atoms with Gasteiger partial charge in [0, 0.05) is 16.6 Å². The van der Waals surface area contributed by atoms with Crippen LogP contribution >= 0.6 is 11.3 Å². The van der Waals surface area contributed by atoms with Gasteiger partial charge in [-0.25, -0.2) is 4.98 Å². The second-order valence-electron chi connectivity index (χ2n) is 5.69. The average Bonchev–Trinajstić information content (AvgIpc) is 3.08. The summed E-state index contributed by atoms with van der Waals surface area (Å²) in [6.45, 7) is 1.89. The van der Waals surface area contributed by atoms with Crippen molar-refractivity contribution in [2.75, 3.05) is 23.1 Å². The Balaban J connectivity index is 1.56. The van der Waals surface area contributed by atoms with Gasteiger partial charge in [0.1, 0.15) is 11.6 Å². The first-order chi connectivity index (χ1) is 13.1. The van der Waals surface area contributed by atoms with Gasteiger partial charge < -0.3 is 15.8 Å². The lowest BCUT2D eigenvalue weighted by atomic mass is 10.2. The van der Waals surface area contributed by atoms with Crippen molar-refractivity contribution in [2.45, 2.75) is 6.92 Å². The zero-order valence-electron chi connectivity index (χ0n) is 14.7. The highest BCUT2D eigenvalue weighted by molar-refractivity contribution is 7.14. The summed E-state index contributed by atoms with van der Waals surface area (Å²) in [4.78, 5) is 16.1. The highest BCUT2D eigenvalue weighted by atomic mass is 32.1. The topological polar surface area (TPSA) is 102 Å². The molecule has 0 spiro atoms. The normalized spacial score (nSPS) is 10.7. The van der Waals surface area contributed by atoms with Crippen LogP contribution in [0.5, 0.6) is 5.75 Å². The van der Waals surface area contributed by atoms with Gasteiger partial charge in [0.25, 0.3) is 5.91 Å². The van der Waals surface area contributed by atoms with Gasteiger partial charge in [-0.05, 0) is 31.2 Å². The number of carbonyl (C=O) groups is 1. The molecule has 0 saturated carbocycles. The van der Waals surface area contributed by atoms with E-state index in [4.69, 9.17) is 10.5 Å². The predicted molar refractivity (Wildman–Crippen MR) is 109 cm³/mol. The Bertz CT molecular complexity index is 937. The zero-order valence-corrected chi connectivity index (χ0v) is 15.5. The zero-order chi connectivity index (χ0) is 19.1. The molecule has 0 aliphatic carbocycles. The fraction of sp³-hybridized carbons (Fsp3) is 0.105. The number of rotatable bonds is 7. The van der Waals surface area contributed by atoms with Crippen LogP contribution in [-0.2, 0) is 4.79 Å². The van der Waals surface area contributed by atoms with E-state index in [0.29, 0.717) is 16.7 Å². The van der Waals surface area contributed by atoms with Gasteiger partial charge in [-0.15, -0.1) is 11.3 Å². The van der Waals surface area contributed by atoms with Crippen LogP contribution in [0.25, 0.3) is 0 Å². The molecule has 138 valence electrons. The Kier molecular flexibility index (Phi) is 6.01. The van der Waals surface area contributed by atoms with Crippen molar-refractivity contribution in [1.29, 1.82) is 0 Å². The maximum Gasteiger partial charge on any atom is 0.262 e. The third kappa shape index (κ3) is 5.55. The van der Waals surface area contributed by atoms with Gasteiger partial charge in [0.2, 0.25) is 5.13 Å². The van der Waals surface area contributed by atoms with Gasteiger partial charge >= 0.3 is 0 Å². The van der Waals surface area contributed by atoms with E-state index >= 15 is 0 Å². The predicted octanol–water partition coefficient (Wildman–Crippen LogP) is 3.50. The summed E-state index contributed by atoms with van der Waals surface area (Å²) >= 11 is 1.36. The first-order valence-corrected chi connectivity index (χ1v) is 9.06. The Morgan fingerprint density at radius 2 is 2.04 bits per heavy atom. The fourth-order valence-corrected chi connectivity index (χ4v) is 2.74. The smallest absolute Gasteiger partial charge is 0.262 e. The van der Waals surface area contributed by atoms with Crippen LogP contribution in [0.4, 0.5) is 16.6 Å². The summed E-state index contributed by atoms with van der Waals surface area (Å²) in [6.07, 6.45) is 1.60. The number of aryl methyl sites for hydroxylation is 1. The highest BCUT2D eigenvalue weighted by Gasteiger charge is 2.06. The van der Waals surface area contributed by atoms with E-state index < -0.39 is 0 Å². The minimum absolute atomic E-state index is 0.102. The molecule has 0 fully saturated rings. The summed E-state index contributed by atoms with van der Waals surface area (Å²) in [5.41, 5.74) is 11.0. The van der Waals surface area contributed by atoms with Crippen molar-refractivity contribution in [3.63, 3.8) is 0 Å². The van der Waals surface area contributed by atoms with Crippen LogP contribution in [0.15, 0.2) is 59.0 Å². The molecule has 0 atom stereocenters. The van der Waals surface area contributed by atoms with Crippen molar-refractivity contribution in [3.05, 3.63) is 65.0 Å². The number of hydrogen-bond acceptors (Lipinski definition) is 7. The minimum Gasteiger partial charge on any atom is -0.483 e. The lowest BCUT2D eigenvalue weighted by Gasteiger charge is -2.09. The Morgan fingerprint density at radius 3 is 2.78 bits per heavy atom.